The van der Waals surface area contributed by atoms with Crippen LogP contribution >= 0.6 is 0 Å². The summed E-state index contributed by atoms with van der Waals surface area (Å²) in [7, 11) is 2.96. The maximum absolute atomic E-state index is 14.0. The molecule has 0 radical (unpaired) electrons. The molecule has 13 heteroatoms. The van der Waals surface area contributed by atoms with Gasteiger partial charge in [-0.15, -0.1) is 0 Å². The minimum absolute atomic E-state index is 0.270. The highest BCUT2D eigenvalue weighted by Gasteiger charge is 2.87. The van der Waals surface area contributed by atoms with Gasteiger partial charge in [-0.05, 0) is 24.6 Å². The van der Waals surface area contributed by atoms with Crippen molar-refractivity contribution in [1.82, 2.24) is 0 Å². The Kier molecular flexibility index (Phi) is 6.24. The molecule has 0 saturated carbocycles. The molecule has 0 aliphatic carbocycles. The molecule has 0 heterocycles. The second-order valence-electron chi connectivity index (χ2n) is 6.82. The van der Waals surface area contributed by atoms with E-state index in [4.69, 9.17) is 0 Å². The summed E-state index contributed by atoms with van der Waals surface area (Å²) in [5, 5.41) is 10.1. The Hall–Kier alpha value is -1.79. The first-order valence-electron chi connectivity index (χ1n) is 7.70. The number of alkyl halides is 11. The summed E-state index contributed by atoms with van der Waals surface area (Å²) < 4.78 is 144. The Balaban J connectivity index is 3.37. The number of hydrogen-bond donors (Lipinski definition) is 1. The van der Waals surface area contributed by atoms with E-state index in [1.807, 2.05) is 0 Å². The van der Waals surface area contributed by atoms with Gasteiger partial charge in [0, 0.05) is 19.8 Å². The fourth-order valence-corrected chi connectivity index (χ4v) is 2.37. The molecule has 0 fully saturated rings. The lowest BCUT2D eigenvalue weighted by Crippen LogP contribution is -2.67. The molecule has 0 amide bonds. The van der Waals surface area contributed by atoms with Crippen molar-refractivity contribution in [3.8, 4) is 0 Å². The number of anilines is 1. The van der Waals surface area contributed by atoms with Crippen LogP contribution in [-0.4, -0.2) is 49.1 Å². The molecule has 1 aromatic carbocycles. The third-order valence-electron chi connectivity index (χ3n) is 4.15. The van der Waals surface area contributed by atoms with Crippen molar-refractivity contribution in [3.05, 3.63) is 29.8 Å². The van der Waals surface area contributed by atoms with E-state index >= 15 is 0 Å². The molecule has 1 unspecified atom stereocenters. The fourth-order valence-electron chi connectivity index (χ4n) is 2.37. The molecule has 1 atom stereocenters. The van der Waals surface area contributed by atoms with E-state index in [0.29, 0.717) is 6.92 Å². The summed E-state index contributed by atoms with van der Waals surface area (Å²) in [6, 6.07) is 4.59. The minimum Gasteiger partial charge on any atom is -0.385 e. The third-order valence-corrected chi connectivity index (χ3v) is 4.15. The first kappa shape index (κ1) is 25.2. The monoisotopic (exact) mass is 447 g/mol. The topological polar surface area (TPSA) is 23.5 Å². The normalized spacial score (nSPS) is 16.5. The van der Waals surface area contributed by atoms with Gasteiger partial charge >= 0.3 is 29.9 Å². The SMILES string of the molecule is CN(C)c1cccc(C(C)(O)CC(F)(F)C(F)(F)C(F)(F)C(F)(F)C(F)(F)F)c1. The van der Waals surface area contributed by atoms with E-state index in [2.05, 4.69) is 0 Å². The van der Waals surface area contributed by atoms with Gasteiger partial charge in [0.15, 0.2) is 0 Å². The lowest BCUT2D eigenvalue weighted by atomic mass is 9.85. The van der Waals surface area contributed by atoms with E-state index in [1.165, 1.54) is 31.1 Å². The molecular weight excluding hydrogens is 431 g/mol. The fraction of sp³-hybridized carbons (Fsp3) is 0.625. The van der Waals surface area contributed by atoms with Gasteiger partial charge in [-0.25, -0.2) is 0 Å². The van der Waals surface area contributed by atoms with Gasteiger partial charge < -0.3 is 10.0 Å². The Morgan fingerprint density at radius 2 is 1.28 bits per heavy atom. The van der Waals surface area contributed by atoms with Crippen molar-refractivity contribution in [2.24, 2.45) is 0 Å². The van der Waals surface area contributed by atoms with Crippen LogP contribution in [0.5, 0.6) is 0 Å². The standard InChI is InChI=1S/C16H16F11NO/c1-11(29,9-5-4-6-10(7-9)28(2)3)8-12(17,18)13(19,20)14(21,22)15(23,24)16(25,26)27/h4-7,29H,8H2,1-3H3. The summed E-state index contributed by atoms with van der Waals surface area (Å²) in [5.41, 5.74) is -3.19. The molecule has 1 aromatic rings. The van der Waals surface area contributed by atoms with Crippen LogP contribution < -0.4 is 4.90 Å². The Morgan fingerprint density at radius 3 is 1.69 bits per heavy atom. The van der Waals surface area contributed by atoms with E-state index in [0.717, 1.165) is 12.1 Å². The van der Waals surface area contributed by atoms with Crippen molar-refractivity contribution in [3.63, 3.8) is 0 Å². The molecule has 29 heavy (non-hydrogen) atoms. The first-order valence-corrected chi connectivity index (χ1v) is 7.70. The largest absolute Gasteiger partial charge is 0.460 e. The van der Waals surface area contributed by atoms with Crippen LogP contribution in [0.4, 0.5) is 54.0 Å². The maximum atomic E-state index is 14.0. The molecule has 2 nitrogen and oxygen atoms in total. The Bertz CT molecular complexity index is 726. The van der Waals surface area contributed by atoms with Crippen molar-refractivity contribution < 1.29 is 53.4 Å². The lowest BCUT2D eigenvalue weighted by Gasteiger charge is -2.39. The highest BCUT2D eigenvalue weighted by atomic mass is 19.4. The van der Waals surface area contributed by atoms with E-state index in [9.17, 15) is 53.4 Å². The number of benzene rings is 1. The predicted octanol–water partition coefficient (Wildman–Crippen LogP) is 5.45. The van der Waals surface area contributed by atoms with Gasteiger partial charge in [0.25, 0.3) is 0 Å². The highest BCUT2D eigenvalue weighted by Crippen LogP contribution is 2.59. The van der Waals surface area contributed by atoms with Gasteiger partial charge in [0.1, 0.15) is 0 Å². The minimum atomic E-state index is -7.50. The highest BCUT2D eigenvalue weighted by molar-refractivity contribution is 5.48. The van der Waals surface area contributed by atoms with Crippen molar-refractivity contribution in [2.75, 3.05) is 19.0 Å². The van der Waals surface area contributed by atoms with E-state index in [1.54, 1.807) is 0 Å². The maximum Gasteiger partial charge on any atom is 0.460 e. The van der Waals surface area contributed by atoms with Crippen molar-refractivity contribution in [2.45, 2.75) is 48.8 Å². The number of aliphatic hydroxyl groups is 1. The zero-order valence-corrected chi connectivity index (χ0v) is 15.1. The number of rotatable bonds is 7. The summed E-state index contributed by atoms with van der Waals surface area (Å²) in [4.78, 5) is 1.41. The summed E-state index contributed by atoms with van der Waals surface area (Å²) >= 11 is 0. The molecule has 1 N–H and O–H groups in total. The zero-order chi connectivity index (χ0) is 23.3. The molecule has 168 valence electrons. The average Bonchev–Trinajstić information content (AvgIpc) is 2.52. The van der Waals surface area contributed by atoms with Crippen LogP contribution in [0.25, 0.3) is 0 Å². The van der Waals surface area contributed by atoms with Crippen LogP contribution in [0.1, 0.15) is 18.9 Å². The lowest BCUT2D eigenvalue weighted by molar-refractivity contribution is -0.424. The van der Waals surface area contributed by atoms with Gasteiger partial charge in [-0.1, -0.05) is 12.1 Å². The zero-order valence-electron chi connectivity index (χ0n) is 15.1. The number of nitrogens with zero attached hydrogens (tertiary/aromatic N) is 1. The van der Waals surface area contributed by atoms with Crippen LogP contribution in [0.3, 0.4) is 0 Å². The molecule has 0 aliphatic heterocycles. The van der Waals surface area contributed by atoms with E-state index < -0.39 is 47.5 Å². The molecule has 0 spiro atoms. The van der Waals surface area contributed by atoms with Crippen molar-refractivity contribution >= 4 is 5.69 Å². The number of hydrogen-bond acceptors (Lipinski definition) is 2. The van der Waals surface area contributed by atoms with Gasteiger partial charge in [-0.2, -0.15) is 48.3 Å². The first-order chi connectivity index (χ1) is 12.6. The van der Waals surface area contributed by atoms with Crippen LogP contribution in [0.2, 0.25) is 0 Å². The van der Waals surface area contributed by atoms with Crippen LogP contribution in [-0.2, 0) is 5.60 Å². The third kappa shape index (κ3) is 4.24. The second kappa shape index (κ2) is 7.17. The number of halogens is 11. The Labute approximate surface area is 157 Å². The quantitative estimate of drug-likeness (QED) is 0.562. The average molecular weight is 447 g/mol. The van der Waals surface area contributed by atoms with Crippen molar-refractivity contribution in [1.29, 1.82) is 0 Å². The molecule has 0 aliphatic rings. The van der Waals surface area contributed by atoms with Crippen LogP contribution in [0, 0.1) is 0 Å². The summed E-state index contributed by atoms with van der Waals surface area (Å²) in [6.45, 7) is 0.506. The molecule has 0 aromatic heterocycles. The summed E-state index contributed by atoms with van der Waals surface area (Å²) in [5.74, 6) is -28.3. The van der Waals surface area contributed by atoms with Crippen LogP contribution in [0.15, 0.2) is 24.3 Å². The predicted molar refractivity (Wildman–Crippen MR) is 80.8 cm³/mol. The Morgan fingerprint density at radius 1 is 0.793 bits per heavy atom. The molecule has 0 saturated heterocycles. The smallest absolute Gasteiger partial charge is 0.385 e. The molecular formula is C16H16F11NO. The van der Waals surface area contributed by atoms with Gasteiger partial charge in [0.2, 0.25) is 0 Å². The van der Waals surface area contributed by atoms with Gasteiger partial charge in [0.05, 0.1) is 12.0 Å². The molecule has 0 bridgehead atoms. The summed E-state index contributed by atoms with van der Waals surface area (Å²) in [6.07, 6.45) is -9.79. The van der Waals surface area contributed by atoms with E-state index in [-0.39, 0.29) is 5.69 Å². The van der Waals surface area contributed by atoms with Gasteiger partial charge in [-0.3, -0.25) is 0 Å². The second-order valence-corrected chi connectivity index (χ2v) is 6.82. The molecule has 1 rings (SSSR count).